The van der Waals surface area contributed by atoms with Crippen LogP contribution in [-0.2, 0) is 13.8 Å². The fraction of sp³-hybridized carbons (Fsp3) is 0.615. The third kappa shape index (κ3) is 3.59. The van der Waals surface area contributed by atoms with Crippen molar-refractivity contribution in [3.8, 4) is 0 Å². The maximum Gasteiger partial charge on any atom is 0.268 e. The summed E-state index contributed by atoms with van der Waals surface area (Å²) < 4.78 is 29.8. The molecule has 1 atom stereocenters. The smallest absolute Gasteiger partial charge is 0.268 e. The molecule has 0 saturated carbocycles. The first-order valence-electron chi connectivity index (χ1n) is 6.69. The van der Waals surface area contributed by atoms with Gasteiger partial charge in [0.2, 0.25) is 0 Å². The molecule has 2 heterocycles. The standard InChI is InChI=1S/C13H19ClN2O4S/c1-9(2)16-7-10(21(14,18)19)6-11(16)12(17)15-13(3)4-5-20-8-13/h6-7,9H,4-5,8H2,1-3H3,(H,15,17). The number of halogens is 1. The highest BCUT2D eigenvalue weighted by Crippen LogP contribution is 2.23. The Morgan fingerprint density at radius 2 is 2.19 bits per heavy atom. The minimum Gasteiger partial charge on any atom is -0.379 e. The molecule has 1 N–H and O–H groups in total. The molecule has 0 aromatic carbocycles. The summed E-state index contributed by atoms with van der Waals surface area (Å²) in [5.74, 6) is -0.330. The van der Waals surface area contributed by atoms with Gasteiger partial charge in [-0.3, -0.25) is 4.79 Å². The number of amides is 1. The maximum atomic E-state index is 12.4. The maximum absolute atomic E-state index is 12.4. The van der Waals surface area contributed by atoms with E-state index in [2.05, 4.69) is 5.32 Å². The first-order chi connectivity index (χ1) is 9.62. The Morgan fingerprint density at radius 3 is 2.67 bits per heavy atom. The van der Waals surface area contributed by atoms with Crippen LogP contribution in [0.5, 0.6) is 0 Å². The van der Waals surface area contributed by atoms with E-state index in [0.717, 1.165) is 6.42 Å². The minimum atomic E-state index is -3.87. The third-order valence-corrected chi connectivity index (χ3v) is 4.85. The number of carbonyl (C=O) groups is 1. The van der Waals surface area contributed by atoms with Crippen molar-refractivity contribution in [2.45, 2.75) is 43.7 Å². The van der Waals surface area contributed by atoms with Crippen molar-refractivity contribution < 1.29 is 17.9 Å². The van der Waals surface area contributed by atoms with Gasteiger partial charge < -0.3 is 14.6 Å². The second-order valence-corrected chi connectivity index (χ2v) is 8.38. The Bertz CT molecular complexity index is 645. The van der Waals surface area contributed by atoms with Gasteiger partial charge in [-0.05, 0) is 33.3 Å². The van der Waals surface area contributed by atoms with Crippen molar-refractivity contribution in [3.05, 3.63) is 18.0 Å². The molecule has 8 heteroatoms. The van der Waals surface area contributed by atoms with Crippen LogP contribution in [0.2, 0.25) is 0 Å². The average molecular weight is 335 g/mol. The molecule has 21 heavy (non-hydrogen) atoms. The van der Waals surface area contributed by atoms with Crippen molar-refractivity contribution >= 4 is 25.6 Å². The van der Waals surface area contributed by atoms with E-state index in [1.807, 2.05) is 20.8 Å². The molecule has 1 aromatic heterocycles. The summed E-state index contributed by atoms with van der Waals surface area (Å²) in [5, 5.41) is 2.91. The zero-order valence-electron chi connectivity index (χ0n) is 12.2. The summed E-state index contributed by atoms with van der Waals surface area (Å²) in [6.07, 6.45) is 2.11. The van der Waals surface area contributed by atoms with E-state index >= 15 is 0 Å². The van der Waals surface area contributed by atoms with Crippen LogP contribution in [0.3, 0.4) is 0 Å². The van der Waals surface area contributed by atoms with Gasteiger partial charge in [0.05, 0.1) is 12.1 Å². The van der Waals surface area contributed by atoms with Gasteiger partial charge in [-0.2, -0.15) is 0 Å². The van der Waals surface area contributed by atoms with Gasteiger partial charge in [-0.15, -0.1) is 0 Å². The minimum absolute atomic E-state index is 0.0643. The van der Waals surface area contributed by atoms with Crippen molar-refractivity contribution in [2.75, 3.05) is 13.2 Å². The fourth-order valence-electron chi connectivity index (χ4n) is 2.30. The first-order valence-corrected chi connectivity index (χ1v) is 9.00. The predicted octanol–water partition coefficient (Wildman–Crippen LogP) is 1.91. The zero-order chi connectivity index (χ0) is 15.8. The Kier molecular flexibility index (Phi) is 4.37. The monoisotopic (exact) mass is 334 g/mol. The zero-order valence-corrected chi connectivity index (χ0v) is 13.8. The van der Waals surface area contributed by atoms with E-state index in [-0.39, 0.29) is 22.5 Å². The summed E-state index contributed by atoms with van der Waals surface area (Å²) in [7, 11) is 1.49. The number of hydrogen-bond donors (Lipinski definition) is 1. The van der Waals surface area contributed by atoms with E-state index in [9.17, 15) is 13.2 Å². The van der Waals surface area contributed by atoms with Crippen LogP contribution in [0, 0.1) is 0 Å². The molecule has 0 spiro atoms. The highest BCUT2D eigenvalue weighted by molar-refractivity contribution is 8.13. The Hall–Kier alpha value is -1.05. The molecule has 1 aliphatic rings. The molecule has 1 aromatic rings. The molecular formula is C13H19ClN2O4S. The Balaban J connectivity index is 2.33. The molecule has 6 nitrogen and oxygen atoms in total. The summed E-state index contributed by atoms with van der Waals surface area (Å²) in [6, 6.07) is 1.24. The molecule has 0 bridgehead atoms. The van der Waals surface area contributed by atoms with Crippen LogP contribution in [-0.4, -0.2) is 37.6 Å². The topological polar surface area (TPSA) is 77.4 Å². The van der Waals surface area contributed by atoms with Crippen LogP contribution >= 0.6 is 10.7 Å². The Labute approximate surface area is 128 Å². The van der Waals surface area contributed by atoms with Crippen LogP contribution in [0.4, 0.5) is 0 Å². The number of hydrogen-bond acceptors (Lipinski definition) is 4. The van der Waals surface area contributed by atoms with Crippen molar-refractivity contribution in [1.29, 1.82) is 0 Å². The second kappa shape index (κ2) is 5.62. The molecule has 1 unspecified atom stereocenters. The molecule has 118 valence electrons. The number of aromatic nitrogens is 1. The van der Waals surface area contributed by atoms with Gasteiger partial charge in [-0.1, -0.05) is 0 Å². The molecule has 1 amide bonds. The first kappa shape index (κ1) is 16.3. The van der Waals surface area contributed by atoms with Crippen LogP contribution in [0.15, 0.2) is 17.2 Å². The lowest BCUT2D eigenvalue weighted by Crippen LogP contribution is -2.47. The molecule has 1 saturated heterocycles. The summed E-state index contributed by atoms with van der Waals surface area (Å²) in [6.45, 7) is 6.68. The number of ether oxygens (including phenoxy) is 1. The van der Waals surface area contributed by atoms with E-state index in [1.54, 1.807) is 4.57 Å². The highest BCUT2D eigenvalue weighted by Gasteiger charge is 2.33. The quantitative estimate of drug-likeness (QED) is 0.853. The number of carbonyl (C=O) groups excluding carboxylic acids is 1. The van der Waals surface area contributed by atoms with Crippen LogP contribution in [0.1, 0.15) is 43.7 Å². The van der Waals surface area contributed by atoms with Crippen molar-refractivity contribution in [1.82, 2.24) is 9.88 Å². The predicted molar refractivity (Wildman–Crippen MR) is 79.2 cm³/mol. The van der Waals surface area contributed by atoms with Gasteiger partial charge in [-0.25, -0.2) is 8.42 Å². The molecular weight excluding hydrogens is 316 g/mol. The number of nitrogens with one attached hydrogen (secondary N) is 1. The lowest BCUT2D eigenvalue weighted by atomic mass is 10.0. The summed E-state index contributed by atoms with van der Waals surface area (Å²) in [4.78, 5) is 12.4. The van der Waals surface area contributed by atoms with Gasteiger partial charge in [0.15, 0.2) is 0 Å². The third-order valence-electron chi connectivity index (χ3n) is 3.53. The van der Waals surface area contributed by atoms with Crippen LogP contribution in [0.25, 0.3) is 0 Å². The summed E-state index contributed by atoms with van der Waals surface area (Å²) in [5.41, 5.74) is -0.152. The van der Waals surface area contributed by atoms with E-state index in [0.29, 0.717) is 13.2 Å². The van der Waals surface area contributed by atoms with E-state index in [4.69, 9.17) is 15.4 Å². The largest absolute Gasteiger partial charge is 0.379 e. The van der Waals surface area contributed by atoms with Gasteiger partial charge in [0.1, 0.15) is 10.6 Å². The fourth-order valence-corrected chi connectivity index (χ4v) is 3.05. The highest BCUT2D eigenvalue weighted by atomic mass is 35.7. The molecule has 1 aliphatic heterocycles. The van der Waals surface area contributed by atoms with E-state index < -0.39 is 14.6 Å². The van der Waals surface area contributed by atoms with E-state index in [1.165, 1.54) is 12.3 Å². The number of rotatable bonds is 4. The molecule has 2 rings (SSSR count). The molecule has 0 radical (unpaired) electrons. The van der Waals surface area contributed by atoms with Gasteiger partial charge in [0, 0.05) is 29.5 Å². The Morgan fingerprint density at radius 1 is 1.52 bits per heavy atom. The number of nitrogens with zero attached hydrogens (tertiary/aromatic N) is 1. The van der Waals surface area contributed by atoms with Crippen molar-refractivity contribution in [2.24, 2.45) is 0 Å². The lowest BCUT2D eigenvalue weighted by Gasteiger charge is -2.24. The summed E-state index contributed by atoms with van der Waals surface area (Å²) >= 11 is 0. The van der Waals surface area contributed by atoms with Gasteiger partial charge in [0.25, 0.3) is 15.0 Å². The van der Waals surface area contributed by atoms with Crippen LogP contribution < -0.4 is 5.32 Å². The van der Waals surface area contributed by atoms with Crippen molar-refractivity contribution in [3.63, 3.8) is 0 Å². The lowest BCUT2D eigenvalue weighted by molar-refractivity contribution is 0.0879. The molecule has 1 fully saturated rings. The second-order valence-electron chi connectivity index (χ2n) is 5.82. The normalized spacial score (nSPS) is 22.7. The molecule has 0 aliphatic carbocycles. The average Bonchev–Trinajstić information content (AvgIpc) is 2.94. The van der Waals surface area contributed by atoms with Gasteiger partial charge >= 0.3 is 0 Å². The SMILES string of the molecule is CC(C)n1cc(S(=O)(=O)Cl)cc1C(=O)NC1(C)CCOC1.